The van der Waals surface area contributed by atoms with Crippen LogP contribution >= 0.6 is 0 Å². The second kappa shape index (κ2) is 8.53. The minimum atomic E-state index is -0.397. The van der Waals surface area contributed by atoms with Crippen molar-refractivity contribution in [1.29, 1.82) is 0 Å². The van der Waals surface area contributed by atoms with Gasteiger partial charge in [0.2, 0.25) is 0 Å². The Labute approximate surface area is 160 Å². The summed E-state index contributed by atoms with van der Waals surface area (Å²) in [6, 6.07) is 8.18. The summed E-state index contributed by atoms with van der Waals surface area (Å²) >= 11 is 0. The molecule has 1 N–H and O–H groups in total. The Morgan fingerprint density at radius 1 is 1.19 bits per heavy atom. The van der Waals surface area contributed by atoms with Crippen LogP contribution in [0.25, 0.3) is 0 Å². The van der Waals surface area contributed by atoms with E-state index < -0.39 is 5.97 Å². The van der Waals surface area contributed by atoms with Crippen molar-refractivity contribution in [3.05, 3.63) is 57.9 Å². The maximum atomic E-state index is 12.9. The molecule has 1 atom stereocenters. The van der Waals surface area contributed by atoms with E-state index in [1.165, 1.54) is 5.56 Å². The molecule has 0 aromatic heterocycles. The lowest BCUT2D eigenvalue weighted by atomic mass is 9.75. The number of aryl methyl sites for hydroxylation is 1. The number of esters is 1. The number of carbonyl (C=O) groups is 2. The number of ether oxygens (including phenoxy) is 2. The number of nitrogens with one attached hydrogen (secondary N) is 1. The van der Waals surface area contributed by atoms with Crippen molar-refractivity contribution in [3.63, 3.8) is 0 Å². The van der Waals surface area contributed by atoms with Gasteiger partial charge in [-0.05, 0) is 37.3 Å². The van der Waals surface area contributed by atoms with Crippen LogP contribution in [0.15, 0.2) is 46.8 Å². The number of hydrogen-bond donors (Lipinski definition) is 1. The van der Waals surface area contributed by atoms with Gasteiger partial charge in [0.15, 0.2) is 5.78 Å². The molecule has 5 heteroatoms. The standard InChI is InChI=1S/C22H27NO4/c1-4-15-8-10-16(11-9-15)20-19(22(25)27-13-12-26-3)14(2)23-17-6-5-7-18(24)21(17)20/h8-11,20,23H,4-7,12-13H2,1-3H3/t20-/m1/s1. The molecule has 2 aliphatic rings. The van der Waals surface area contributed by atoms with Crippen LogP contribution in [0.3, 0.4) is 0 Å². The topological polar surface area (TPSA) is 64.6 Å². The Balaban J connectivity index is 2.03. The third-order valence-corrected chi connectivity index (χ3v) is 5.24. The number of ketones is 1. The van der Waals surface area contributed by atoms with Crippen molar-refractivity contribution < 1.29 is 19.1 Å². The van der Waals surface area contributed by atoms with E-state index in [2.05, 4.69) is 24.4 Å². The van der Waals surface area contributed by atoms with Gasteiger partial charge in [-0.15, -0.1) is 0 Å². The Morgan fingerprint density at radius 3 is 2.59 bits per heavy atom. The highest BCUT2D eigenvalue weighted by Crippen LogP contribution is 2.42. The summed E-state index contributed by atoms with van der Waals surface area (Å²) in [7, 11) is 1.57. The molecular weight excluding hydrogens is 342 g/mol. The summed E-state index contributed by atoms with van der Waals surface area (Å²) in [6.07, 6.45) is 3.14. The summed E-state index contributed by atoms with van der Waals surface area (Å²) < 4.78 is 10.4. The highest BCUT2D eigenvalue weighted by atomic mass is 16.6. The van der Waals surface area contributed by atoms with Crippen LogP contribution in [0.4, 0.5) is 0 Å². The zero-order valence-electron chi connectivity index (χ0n) is 16.3. The summed E-state index contributed by atoms with van der Waals surface area (Å²) in [5, 5.41) is 3.30. The molecule has 0 saturated heterocycles. The van der Waals surface area contributed by atoms with Gasteiger partial charge in [0.05, 0.1) is 12.2 Å². The molecular formula is C22H27NO4. The average Bonchev–Trinajstić information content (AvgIpc) is 2.67. The quantitative estimate of drug-likeness (QED) is 0.615. The SMILES string of the molecule is CCc1ccc([C@@H]2C(C(=O)OCCOC)=C(C)NC3=C2C(=O)CCC3)cc1. The number of methoxy groups -OCH3 is 1. The summed E-state index contributed by atoms with van der Waals surface area (Å²) in [6.45, 7) is 4.51. The molecule has 0 unspecified atom stereocenters. The summed E-state index contributed by atoms with van der Waals surface area (Å²) in [5.41, 5.74) is 5.12. The molecule has 1 aliphatic carbocycles. The van der Waals surface area contributed by atoms with Gasteiger partial charge in [-0.3, -0.25) is 4.79 Å². The third-order valence-electron chi connectivity index (χ3n) is 5.24. The average molecular weight is 369 g/mol. The molecule has 0 fully saturated rings. The van der Waals surface area contributed by atoms with Crippen molar-refractivity contribution in [2.75, 3.05) is 20.3 Å². The van der Waals surface area contributed by atoms with E-state index in [1.807, 2.05) is 19.1 Å². The van der Waals surface area contributed by atoms with Gasteiger partial charge >= 0.3 is 5.97 Å². The molecule has 1 aromatic carbocycles. The molecule has 0 radical (unpaired) electrons. The van der Waals surface area contributed by atoms with Gasteiger partial charge in [-0.1, -0.05) is 31.2 Å². The number of benzene rings is 1. The molecule has 0 bridgehead atoms. The van der Waals surface area contributed by atoms with Crippen LogP contribution in [0.1, 0.15) is 50.2 Å². The maximum Gasteiger partial charge on any atom is 0.336 e. The fourth-order valence-corrected chi connectivity index (χ4v) is 3.83. The molecule has 1 heterocycles. The second-order valence-corrected chi connectivity index (χ2v) is 6.99. The first-order valence-electron chi connectivity index (χ1n) is 9.55. The van der Waals surface area contributed by atoms with Crippen molar-refractivity contribution >= 4 is 11.8 Å². The van der Waals surface area contributed by atoms with E-state index in [0.29, 0.717) is 18.6 Å². The predicted molar refractivity (Wildman–Crippen MR) is 103 cm³/mol. The van der Waals surface area contributed by atoms with Gasteiger partial charge in [0.1, 0.15) is 6.61 Å². The molecule has 1 aromatic rings. The zero-order chi connectivity index (χ0) is 19.4. The first kappa shape index (κ1) is 19.4. The van der Waals surface area contributed by atoms with E-state index in [9.17, 15) is 9.59 Å². The number of Topliss-reactive ketones (excluding diaryl/α,β-unsaturated/α-hetero) is 1. The van der Waals surface area contributed by atoms with Crippen LogP contribution in [-0.2, 0) is 25.5 Å². The molecule has 27 heavy (non-hydrogen) atoms. The fourth-order valence-electron chi connectivity index (χ4n) is 3.83. The van der Waals surface area contributed by atoms with Crippen LogP contribution in [0.2, 0.25) is 0 Å². The van der Waals surface area contributed by atoms with Crippen molar-refractivity contribution in [3.8, 4) is 0 Å². The Hall–Kier alpha value is -2.40. The van der Waals surface area contributed by atoms with E-state index in [0.717, 1.165) is 41.8 Å². The first-order valence-corrected chi connectivity index (χ1v) is 9.55. The Bertz CT molecular complexity index is 789. The Kier molecular flexibility index (Phi) is 6.11. The monoisotopic (exact) mass is 369 g/mol. The third kappa shape index (κ3) is 3.98. The van der Waals surface area contributed by atoms with Crippen molar-refractivity contribution in [2.45, 2.75) is 45.4 Å². The lowest BCUT2D eigenvalue weighted by Crippen LogP contribution is -2.34. The lowest BCUT2D eigenvalue weighted by molar-refractivity contribution is -0.140. The number of carbonyl (C=O) groups excluding carboxylic acids is 2. The van der Waals surface area contributed by atoms with E-state index in [4.69, 9.17) is 9.47 Å². The van der Waals surface area contributed by atoms with Gasteiger partial charge in [-0.2, -0.15) is 0 Å². The minimum absolute atomic E-state index is 0.114. The summed E-state index contributed by atoms with van der Waals surface area (Å²) in [5.74, 6) is -0.662. The number of dihydropyridines is 1. The molecule has 0 spiro atoms. The molecule has 5 nitrogen and oxygen atoms in total. The van der Waals surface area contributed by atoms with Crippen LogP contribution in [-0.4, -0.2) is 32.1 Å². The number of allylic oxidation sites excluding steroid dienone is 3. The second-order valence-electron chi connectivity index (χ2n) is 6.99. The van der Waals surface area contributed by atoms with E-state index in [1.54, 1.807) is 7.11 Å². The molecule has 1 aliphatic heterocycles. The first-order chi connectivity index (χ1) is 13.1. The normalized spacial score (nSPS) is 19.7. The van der Waals surface area contributed by atoms with Gasteiger partial charge in [0.25, 0.3) is 0 Å². The fraction of sp³-hybridized carbons (Fsp3) is 0.455. The molecule has 144 valence electrons. The molecule has 0 amide bonds. The highest BCUT2D eigenvalue weighted by molar-refractivity contribution is 6.03. The zero-order valence-corrected chi connectivity index (χ0v) is 16.3. The van der Waals surface area contributed by atoms with Crippen molar-refractivity contribution in [1.82, 2.24) is 5.32 Å². The van der Waals surface area contributed by atoms with Gasteiger partial charge in [-0.25, -0.2) is 4.79 Å². The smallest absolute Gasteiger partial charge is 0.336 e. The van der Waals surface area contributed by atoms with E-state index >= 15 is 0 Å². The van der Waals surface area contributed by atoms with Gasteiger partial charge in [0, 0.05) is 36.4 Å². The predicted octanol–water partition coefficient (Wildman–Crippen LogP) is 3.41. The number of rotatable bonds is 6. The molecule has 0 saturated carbocycles. The maximum absolute atomic E-state index is 12.9. The van der Waals surface area contributed by atoms with Crippen molar-refractivity contribution in [2.24, 2.45) is 0 Å². The van der Waals surface area contributed by atoms with Gasteiger partial charge < -0.3 is 14.8 Å². The lowest BCUT2D eigenvalue weighted by Gasteiger charge is -2.34. The van der Waals surface area contributed by atoms with E-state index in [-0.39, 0.29) is 18.3 Å². The Morgan fingerprint density at radius 2 is 1.93 bits per heavy atom. The summed E-state index contributed by atoms with van der Waals surface area (Å²) in [4.78, 5) is 25.6. The highest BCUT2D eigenvalue weighted by Gasteiger charge is 2.38. The van der Waals surface area contributed by atoms with Crippen LogP contribution in [0.5, 0.6) is 0 Å². The largest absolute Gasteiger partial charge is 0.460 e. The molecule has 3 rings (SSSR count). The van der Waals surface area contributed by atoms with Crippen LogP contribution in [0, 0.1) is 0 Å². The van der Waals surface area contributed by atoms with Crippen LogP contribution < -0.4 is 5.32 Å². The minimum Gasteiger partial charge on any atom is -0.460 e. The number of hydrogen-bond acceptors (Lipinski definition) is 5.